The molecular weight excluding hydrogens is 437 g/mol. The van der Waals surface area contributed by atoms with Crippen LogP contribution < -0.4 is 5.32 Å². The maximum atomic E-state index is 13.9. The van der Waals surface area contributed by atoms with Gasteiger partial charge in [-0.05, 0) is 43.4 Å². The van der Waals surface area contributed by atoms with Gasteiger partial charge < -0.3 is 15.3 Å². The molecule has 2 saturated heterocycles. The third-order valence-corrected chi connectivity index (χ3v) is 7.76. The lowest BCUT2D eigenvalue weighted by Crippen LogP contribution is -2.62. The average Bonchev–Trinajstić information content (AvgIpc) is 3.22. The van der Waals surface area contributed by atoms with Crippen LogP contribution in [-0.4, -0.2) is 77.6 Å². The number of nitrogens with one attached hydrogen (secondary N) is 1. The zero-order valence-corrected chi connectivity index (χ0v) is 18.9. The number of nitrogens with zero attached hydrogens (tertiary/aromatic N) is 2. The minimum atomic E-state index is -1.23. The summed E-state index contributed by atoms with van der Waals surface area (Å²) in [7, 11) is 1.46. The number of piperidine rings is 1. The fourth-order valence-corrected chi connectivity index (χ4v) is 5.58. The van der Waals surface area contributed by atoms with Crippen molar-refractivity contribution in [2.45, 2.75) is 43.3 Å². The fraction of sp³-hybridized carbons (Fsp3) is 0.609. The average molecular weight is 466 g/mol. The molecule has 9 heteroatoms. The third-order valence-electron chi connectivity index (χ3n) is 7.51. The highest BCUT2D eigenvalue weighted by Gasteiger charge is 2.56. The summed E-state index contributed by atoms with van der Waals surface area (Å²) in [5.41, 5.74) is -0.370. The first kappa shape index (κ1) is 23.0. The van der Waals surface area contributed by atoms with Gasteiger partial charge in [-0.3, -0.25) is 14.5 Å². The van der Waals surface area contributed by atoms with Crippen molar-refractivity contribution in [2.75, 3.05) is 33.2 Å². The van der Waals surface area contributed by atoms with Gasteiger partial charge in [-0.1, -0.05) is 23.7 Å². The van der Waals surface area contributed by atoms with Gasteiger partial charge in [0, 0.05) is 56.0 Å². The molecule has 1 aromatic rings. The molecule has 32 heavy (non-hydrogen) atoms. The van der Waals surface area contributed by atoms with Gasteiger partial charge in [-0.15, -0.1) is 0 Å². The largest absolute Gasteiger partial charge is 0.465 e. The Labute approximate surface area is 191 Å². The maximum absolute atomic E-state index is 13.9. The van der Waals surface area contributed by atoms with E-state index in [0.29, 0.717) is 50.3 Å². The molecule has 174 valence electrons. The number of hydrogen-bond acceptors (Lipinski definition) is 4. The summed E-state index contributed by atoms with van der Waals surface area (Å²) in [4.78, 5) is 41.4. The van der Waals surface area contributed by atoms with Crippen LogP contribution in [0.5, 0.6) is 0 Å². The minimum Gasteiger partial charge on any atom is -0.465 e. The normalized spacial score (nSPS) is 30.6. The van der Waals surface area contributed by atoms with Crippen molar-refractivity contribution in [1.82, 2.24) is 15.1 Å². The van der Waals surface area contributed by atoms with Gasteiger partial charge in [-0.25, -0.2) is 9.18 Å². The molecule has 3 aliphatic rings. The number of amides is 2. The molecule has 0 spiro atoms. The van der Waals surface area contributed by atoms with E-state index in [2.05, 4.69) is 5.32 Å². The van der Waals surface area contributed by atoms with Crippen LogP contribution in [0.25, 0.3) is 0 Å². The van der Waals surface area contributed by atoms with Crippen LogP contribution in [0, 0.1) is 11.8 Å². The van der Waals surface area contributed by atoms with Crippen LogP contribution in [0.15, 0.2) is 24.3 Å². The molecule has 7 nitrogen and oxygen atoms in total. The van der Waals surface area contributed by atoms with Crippen LogP contribution in [0.3, 0.4) is 0 Å². The van der Waals surface area contributed by atoms with Gasteiger partial charge in [0.2, 0.25) is 5.91 Å². The number of carbonyl (C=O) groups excluding carboxylic acids is 2. The number of likely N-dealkylation sites (tertiary alicyclic amines) is 1. The summed E-state index contributed by atoms with van der Waals surface area (Å²) < 4.78 is 13.1. The van der Waals surface area contributed by atoms with E-state index in [4.69, 9.17) is 11.6 Å². The van der Waals surface area contributed by atoms with Crippen molar-refractivity contribution >= 4 is 29.4 Å². The highest BCUT2D eigenvalue weighted by atomic mass is 35.5. The Bertz CT molecular complexity index is 884. The number of carboxylic acid groups (broad SMARTS) is 1. The van der Waals surface area contributed by atoms with Gasteiger partial charge in [0.15, 0.2) is 5.78 Å². The second kappa shape index (κ2) is 8.98. The number of Topliss-reactive ketones (excluding diaryl/α,β-unsaturated/α-hetero) is 1. The molecule has 1 saturated carbocycles. The Morgan fingerprint density at radius 1 is 1.16 bits per heavy atom. The molecule has 2 heterocycles. The van der Waals surface area contributed by atoms with Gasteiger partial charge >= 0.3 is 6.09 Å². The zero-order chi connectivity index (χ0) is 23.0. The van der Waals surface area contributed by atoms with Crippen LogP contribution in [0.1, 0.15) is 37.2 Å². The van der Waals surface area contributed by atoms with E-state index in [-0.39, 0.29) is 36.0 Å². The van der Waals surface area contributed by atoms with E-state index < -0.39 is 17.8 Å². The molecule has 2 N–H and O–H groups in total. The van der Waals surface area contributed by atoms with Crippen LogP contribution >= 0.6 is 11.6 Å². The molecule has 0 bridgehead atoms. The second-order valence-electron chi connectivity index (χ2n) is 9.23. The molecule has 0 radical (unpaired) electrons. The Morgan fingerprint density at radius 3 is 2.34 bits per heavy atom. The Kier molecular flexibility index (Phi) is 6.45. The summed E-state index contributed by atoms with van der Waals surface area (Å²) in [6, 6.07) is 7.18. The predicted octanol–water partition coefficient (Wildman–Crippen LogP) is 2.93. The minimum absolute atomic E-state index is 0.0243. The standard InChI is InChI=1S/C23H29ClFN3O4/c1-27(22(31)32)23(13-26-12-19(23)14-2-4-17(24)5-3-14)20(29)15-6-8-28(9-7-15)21(30)16-10-18(25)11-16/h2-5,15-16,18-19,26H,6-13H2,1H3,(H,31,32)/t16?,18?,19-,23+/m0/s1. The molecule has 2 amide bonds. The van der Waals surface area contributed by atoms with Crippen molar-refractivity contribution < 1.29 is 23.9 Å². The van der Waals surface area contributed by atoms with E-state index in [9.17, 15) is 23.9 Å². The lowest BCUT2D eigenvalue weighted by molar-refractivity contribution is -0.144. The summed E-state index contributed by atoms with van der Waals surface area (Å²) in [5, 5.41) is 13.6. The summed E-state index contributed by atoms with van der Waals surface area (Å²) in [6.07, 6.45) is -0.483. The Balaban J connectivity index is 1.53. The number of alkyl halides is 1. The number of carbonyl (C=O) groups is 3. The van der Waals surface area contributed by atoms with E-state index >= 15 is 0 Å². The second-order valence-corrected chi connectivity index (χ2v) is 9.67. The first-order valence-corrected chi connectivity index (χ1v) is 11.5. The molecule has 2 atom stereocenters. The lowest BCUT2D eigenvalue weighted by Gasteiger charge is -2.44. The molecule has 0 unspecified atom stereocenters. The fourth-order valence-electron chi connectivity index (χ4n) is 5.46. The summed E-state index contributed by atoms with van der Waals surface area (Å²) >= 11 is 6.03. The number of ketones is 1. The van der Waals surface area contributed by atoms with Gasteiger partial charge in [-0.2, -0.15) is 0 Å². The Morgan fingerprint density at radius 2 is 1.78 bits per heavy atom. The molecular formula is C23H29ClFN3O4. The maximum Gasteiger partial charge on any atom is 0.407 e. The lowest BCUT2D eigenvalue weighted by atomic mass is 9.72. The van der Waals surface area contributed by atoms with Crippen LogP contribution in [0.4, 0.5) is 9.18 Å². The van der Waals surface area contributed by atoms with E-state index in [1.165, 1.54) is 7.05 Å². The highest BCUT2D eigenvalue weighted by molar-refractivity contribution is 6.30. The van der Waals surface area contributed by atoms with Crippen molar-refractivity contribution in [2.24, 2.45) is 11.8 Å². The first-order valence-electron chi connectivity index (χ1n) is 11.1. The number of halogens is 2. The van der Waals surface area contributed by atoms with Crippen LogP contribution in [-0.2, 0) is 9.59 Å². The van der Waals surface area contributed by atoms with E-state index in [1.807, 2.05) is 12.1 Å². The number of rotatable bonds is 5. The van der Waals surface area contributed by atoms with E-state index in [0.717, 1.165) is 10.5 Å². The first-order chi connectivity index (χ1) is 15.2. The van der Waals surface area contributed by atoms with Gasteiger partial charge in [0.25, 0.3) is 0 Å². The number of likely N-dealkylation sites (N-methyl/N-ethyl adjacent to an activating group) is 1. The zero-order valence-electron chi connectivity index (χ0n) is 18.1. The van der Waals surface area contributed by atoms with Crippen LogP contribution in [0.2, 0.25) is 5.02 Å². The molecule has 2 aliphatic heterocycles. The monoisotopic (exact) mass is 465 g/mol. The van der Waals surface area contributed by atoms with E-state index in [1.54, 1.807) is 17.0 Å². The SMILES string of the molecule is CN(C(=O)O)[C@]1(C(=O)C2CCN(C(=O)C3CC(F)C3)CC2)CNC[C@H]1c1ccc(Cl)cc1. The molecule has 1 aliphatic carbocycles. The predicted molar refractivity (Wildman–Crippen MR) is 118 cm³/mol. The summed E-state index contributed by atoms with van der Waals surface area (Å²) in [6.45, 7) is 1.60. The molecule has 4 rings (SSSR count). The smallest absolute Gasteiger partial charge is 0.407 e. The molecule has 3 fully saturated rings. The van der Waals surface area contributed by atoms with Gasteiger partial charge in [0.05, 0.1) is 0 Å². The summed E-state index contributed by atoms with van der Waals surface area (Å²) in [5.74, 6) is -1.05. The topological polar surface area (TPSA) is 90.0 Å². The third kappa shape index (κ3) is 3.99. The van der Waals surface area contributed by atoms with Crippen molar-refractivity contribution in [3.05, 3.63) is 34.9 Å². The quantitative estimate of drug-likeness (QED) is 0.697. The van der Waals surface area contributed by atoms with Crippen molar-refractivity contribution in [1.29, 1.82) is 0 Å². The van der Waals surface area contributed by atoms with Crippen molar-refractivity contribution in [3.8, 4) is 0 Å². The Hall–Kier alpha value is -2.19. The van der Waals surface area contributed by atoms with Gasteiger partial charge in [0.1, 0.15) is 11.7 Å². The number of hydrogen-bond donors (Lipinski definition) is 2. The van der Waals surface area contributed by atoms with Crippen molar-refractivity contribution in [3.63, 3.8) is 0 Å². The highest BCUT2D eigenvalue weighted by Crippen LogP contribution is 2.41. The molecule has 0 aromatic heterocycles. The molecule has 1 aromatic carbocycles. The number of benzene rings is 1.